The monoisotopic (exact) mass is 168 g/mol. The lowest BCUT2D eigenvalue weighted by Crippen LogP contribution is -2.64. The first kappa shape index (κ1) is 8.23. The smallest absolute Gasteiger partial charge is 0.0707 e. The van der Waals surface area contributed by atoms with E-state index in [4.69, 9.17) is 0 Å². The van der Waals surface area contributed by atoms with Gasteiger partial charge in [0.25, 0.3) is 0 Å². The van der Waals surface area contributed by atoms with Crippen LogP contribution in [0.1, 0.15) is 0 Å². The number of piperidine rings is 2. The topological polar surface area (TPSA) is 44.3 Å². The molecule has 0 spiro atoms. The number of nitrogens with one attached hydrogen (secondary N) is 2. The lowest BCUT2D eigenvalue weighted by Gasteiger charge is -2.48. The van der Waals surface area contributed by atoms with Gasteiger partial charge >= 0.3 is 0 Å². The zero-order chi connectivity index (χ0) is 8.60. The van der Waals surface area contributed by atoms with Crippen molar-refractivity contribution >= 4 is 0 Å². The predicted octanol–water partition coefficient (Wildman–Crippen LogP) is -0.658. The minimum absolute atomic E-state index is 0.124. The maximum absolute atomic E-state index is 9.99. The Balaban J connectivity index is 2.23. The largest absolute Gasteiger partial charge is 0.392 e. The van der Waals surface area contributed by atoms with Gasteiger partial charge in [0.1, 0.15) is 0 Å². The normalized spacial score (nSPS) is 47.1. The number of hydrogen-bond donors (Lipinski definition) is 3. The van der Waals surface area contributed by atoms with E-state index in [1.165, 1.54) is 0 Å². The number of aliphatic hydroxyl groups is 1. The van der Waals surface area contributed by atoms with Crippen molar-refractivity contribution in [3.8, 4) is 0 Å². The highest BCUT2D eigenvalue weighted by molar-refractivity contribution is 5.10. The molecular weight excluding hydrogens is 152 g/mol. The van der Waals surface area contributed by atoms with Gasteiger partial charge in [-0.15, -0.1) is 6.58 Å². The van der Waals surface area contributed by atoms with Crippen molar-refractivity contribution in [1.29, 1.82) is 0 Å². The highest BCUT2D eigenvalue weighted by Gasteiger charge is 2.45. The van der Waals surface area contributed by atoms with Crippen molar-refractivity contribution in [3.63, 3.8) is 0 Å². The van der Waals surface area contributed by atoms with E-state index in [2.05, 4.69) is 17.2 Å². The maximum Gasteiger partial charge on any atom is 0.0707 e. The third-order valence-electron chi connectivity index (χ3n) is 3.16. The zero-order valence-electron chi connectivity index (χ0n) is 7.21. The van der Waals surface area contributed by atoms with Crippen molar-refractivity contribution in [2.24, 2.45) is 11.3 Å². The third-order valence-corrected chi connectivity index (χ3v) is 3.16. The Morgan fingerprint density at radius 1 is 1.33 bits per heavy atom. The Kier molecular flexibility index (Phi) is 1.94. The van der Waals surface area contributed by atoms with E-state index in [0.29, 0.717) is 5.92 Å². The molecule has 68 valence electrons. The molecule has 2 fully saturated rings. The molecule has 3 N–H and O–H groups in total. The van der Waals surface area contributed by atoms with E-state index in [-0.39, 0.29) is 11.5 Å². The average Bonchev–Trinajstić information content (AvgIpc) is 2.05. The molecule has 0 amide bonds. The van der Waals surface area contributed by atoms with Crippen LogP contribution >= 0.6 is 0 Å². The minimum Gasteiger partial charge on any atom is -0.392 e. The van der Waals surface area contributed by atoms with E-state index in [0.717, 1.165) is 26.2 Å². The van der Waals surface area contributed by atoms with Gasteiger partial charge in [0, 0.05) is 37.5 Å². The molecule has 3 heteroatoms. The summed E-state index contributed by atoms with van der Waals surface area (Å²) < 4.78 is 0. The molecule has 2 heterocycles. The van der Waals surface area contributed by atoms with Crippen molar-refractivity contribution in [1.82, 2.24) is 10.6 Å². The molecule has 0 aliphatic carbocycles. The summed E-state index contributed by atoms with van der Waals surface area (Å²) in [4.78, 5) is 0. The first-order chi connectivity index (χ1) is 5.78. The Morgan fingerprint density at radius 2 is 1.92 bits per heavy atom. The van der Waals surface area contributed by atoms with Crippen LogP contribution in [0.5, 0.6) is 0 Å². The molecule has 2 aliphatic heterocycles. The summed E-state index contributed by atoms with van der Waals surface area (Å²) in [7, 11) is 0. The summed E-state index contributed by atoms with van der Waals surface area (Å²) in [6, 6.07) is 0. The molecule has 2 saturated heterocycles. The molecule has 0 aromatic heterocycles. The first-order valence-corrected chi connectivity index (χ1v) is 4.51. The Hall–Kier alpha value is -0.380. The van der Waals surface area contributed by atoms with Crippen molar-refractivity contribution in [2.75, 3.05) is 26.2 Å². The number of hydrogen-bond acceptors (Lipinski definition) is 3. The van der Waals surface area contributed by atoms with Crippen LogP contribution in [-0.4, -0.2) is 37.4 Å². The van der Waals surface area contributed by atoms with Crippen LogP contribution in [-0.2, 0) is 0 Å². The molecular formula is C9H16N2O. The lowest BCUT2D eigenvalue weighted by atomic mass is 9.71. The molecule has 0 aromatic rings. The second kappa shape index (κ2) is 2.83. The van der Waals surface area contributed by atoms with Crippen LogP contribution in [0.4, 0.5) is 0 Å². The van der Waals surface area contributed by atoms with Gasteiger partial charge in [-0.2, -0.15) is 0 Å². The number of fused-ring (bicyclic) bond motifs is 2. The SMILES string of the molecule is C=CC12CNCC(CNC1)C2O. The lowest BCUT2D eigenvalue weighted by molar-refractivity contribution is -0.0347. The number of aliphatic hydroxyl groups excluding tert-OH is 1. The quantitative estimate of drug-likeness (QED) is 0.456. The molecule has 3 nitrogen and oxygen atoms in total. The maximum atomic E-state index is 9.99. The summed E-state index contributed by atoms with van der Waals surface area (Å²) in [5, 5.41) is 16.7. The number of rotatable bonds is 1. The van der Waals surface area contributed by atoms with Gasteiger partial charge in [0.05, 0.1) is 6.10 Å². The summed E-state index contributed by atoms with van der Waals surface area (Å²) in [6.45, 7) is 7.34. The van der Waals surface area contributed by atoms with E-state index >= 15 is 0 Å². The van der Waals surface area contributed by atoms with Crippen molar-refractivity contribution in [3.05, 3.63) is 12.7 Å². The van der Waals surface area contributed by atoms with Crippen LogP contribution < -0.4 is 10.6 Å². The van der Waals surface area contributed by atoms with E-state index in [9.17, 15) is 5.11 Å². The molecule has 1 atom stereocenters. The van der Waals surface area contributed by atoms with Crippen molar-refractivity contribution in [2.45, 2.75) is 6.10 Å². The van der Waals surface area contributed by atoms with E-state index in [1.807, 2.05) is 6.08 Å². The van der Waals surface area contributed by atoms with Crippen LogP contribution in [0.25, 0.3) is 0 Å². The fraction of sp³-hybridized carbons (Fsp3) is 0.778. The Bertz CT molecular complexity index is 183. The standard InChI is InChI=1S/C9H16N2O/c1-2-9-5-10-3-7(8(9)12)4-11-6-9/h2,7-8,10-12H,1,3-6H2. The van der Waals surface area contributed by atoms with Gasteiger partial charge in [-0.05, 0) is 0 Å². The van der Waals surface area contributed by atoms with Gasteiger partial charge in [0.2, 0.25) is 0 Å². The minimum atomic E-state index is -0.211. The molecule has 0 radical (unpaired) electrons. The van der Waals surface area contributed by atoms with Gasteiger partial charge in [-0.25, -0.2) is 0 Å². The average molecular weight is 168 g/mol. The molecule has 2 aliphatic rings. The van der Waals surface area contributed by atoms with Crippen LogP contribution in [0.2, 0.25) is 0 Å². The Morgan fingerprint density at radius 3 is 2.33 bits per heavy atom. The van der Waals surface area contributed by atoms with Gasteiger partial charge in [-0.3, -0.25) is 0 Å². The van der Waals surface area contributed by atoms with Gasteiger partial charge < -0.3 is 15.7 Å². The van der Waals surface area contributed by atoms with Crippen molar-refractivity contribution < 1.29 is 5.11 Å². The Labute approximate surface area is 72.9 Å². The highest BCUT2D eigenvalue weighted by atomic mass is 16.3. The van der Waals surface area contributed by atoms with Crippen LogP contribution in [0.15, 0.2) is 12.7 Å². The fourth-order valence-electron chi connectivity index (χ4n) is 2.28. The van der Waals surface area contributed by atoms with Gasteiger partial charge in [-0.1, -0.05) is 6.08 Å². The third kappa shape index (κ3) is 1.01. The molecule has 0 saturated carbocycles. The first-order valence-electron chi connectivity index (χ1n) is 4.51. The molecule has 2 rings (SSSR count). The zero-order valence-corrected chi connectivity index (χ0v) is 7.21. The van der Waals surface area contributed by atoms with Crippen LogP contribution in [0, 0.1) is 11.3 Å². The molecule has 2 bridgehead atoms. The summed E-state index contributed by atoms with van der Waals surface area (Å²) in [6.07, 6.45) is 1.68. The summed E-state index contributed by atoms with van der Waals surface area (Å²) >= 11 is 0. The van der Waals surface area contributed by atoms with E-state index < -0.39 is 0 Å². The molecule has 0 aromatic carbocycles. The van der Waals surface area contributed by atoms with Gasteiger partial charge in [0.15, 0.2) is 0 Å². The summed E-state index contributed by atoms with van der Waals surface area (Å²) in [5.41, 5.74) is -0.124. The fourth-order valence-corrected chi connectivity index (χ4v) is 2.28. The molecule has 12 heavy (non-hydrogen) atoms. The second-order valence-corrected chi connectivity index (χ2v) is 3.90. The second-order valence-electron chi connectivity index (χ2n) is 3.90. The highest BCUT2D eigenvalue weighted by Crippen LogP contribution is 2.33. The summed E-state index contributed by atoms with van der Waals surface area (Å²) in [5.74, 6) is 0.352. The predicted molar refractivity (Wildman–Crippen MR) is 47.9 cm³/mol. The van der Waals surface area contributed by atoms with E-state index in [1.54, 1.807) is 0 Å². The van der Waals surface area contributed by atoms with Crippen LogP contribution in [0.3, 0.4) is 0 Å². The molecule has 1 unspecified atom stereocenters.